The van der Waals surface area contributed by atoms with Gasteiger partial charge in [0.2, 0.25) is 0 Å². The molecule has 0 aliphatic carbocycles. The first-order valence-corrected chi connectivity index (χ1v) is 11.4. The molecule has 2 atom stereocenters. The number of hydrogen-bond donors (Lipinski definition) is 0. The summed E-state index contributed by atoms with van der Waals surface area (Å²) in [6.07, 6.45) is 0. The first-order chi connectivity index (χ1) is 12.1. The third-order valence-corrected chi connectivity index (χ3v) is 10.5. The number of rotatable bonds is 6. The van der Waals surface area contributed by atoms with E-state index >= 15 is 0 Å². The molecule has 0 saturated heterocycles. The fourth-order valence-electron chi connectivity index (χ4n) is 2.89. The third kappa shape index (κ3) is 3.84. The number of hydrogen-bond acceptors (Lipinski definition) is 2. The Labute approximate surface area is 151 Å². The lowest BCUT2D eigenvalue weighted by molar-refractivity contribution is 0.585. The van der Waals surface area contributed by atoms with Gasteiger partial charge in [0, 0.05) is 27.2 Å². The maximum absolute atomic E-state index is 14.2. The summed E-state index contributed by atoms with van der Waals surface area (Å²) in [5.74, 6) is 0.408. The van der Waals surface area contributed by atoms with Gasteiger partial charge in [-0.25, -0.2) is 0 Å². The Kier molecular flexibility index (Phi) is 5.67. The molecular weight excluding hydrogens is 347 g/mol. The van der Waals surface area contributed by atoms with Crippen molar-refractivity contribution in [1.29, 1.82) is 0 Å². The average Bonchev–Trinajstić information content (AvgIpc) is 2.69. The lowest BCUT2D eigenvalue weighted by Crippen LogP contribution is -2.27. The summed E-state index contributed by atoms with van der Waals surface area (Å²) in [6.45, 7) is 1.85. The van der Waals surface area contributed by atoms with Gasteiger partial charge in [0.05, 0.1) is 4.99 Å². The Morgan fingerprint density at radius 2 is 1.16 bits per heavy atom. The lowest BCUT2D eigenvalue weighted by Gasteiger charge is -2.25. The van der Waals surface area contributed by atoms with Crippen LogP contribution in [0.25, 0.3) is 0 Å². The molecule has 128 valence electrons. The van der Waals surface area contributed by atoms with E-state index in [2.05, 4.69) is 0 Å². The van der Waals surface area contributed by atoms with Crippen molar-refractivity contribution in [3.05, 3.63) is 96.6 Å². The number of benzene rings is 3. The fourth-order valence-corrected chi connectivity index (χ4v) is 8.30. The molecule has 0 fully saturated rings. The second kappa shape index (κ2) is 7.95. The van der Waals surface area contributed by atoms with Crippen LogP contribution in [0, 0.1) is 0 Å². The third-order valence-electron chi connectivity index (χ3n) is 4.32. The Bertz CT molecular complexity index is 836. The van der Waals surface area contributed by atoms with E-state index in [1.165, 1.54) is 0 Å². The normalized spacial score (nSPS) is 14.0. The highest BCUT2D eigenvalue weighted by molar-refractivity contribution is 7.98. The van der Waals surface area contributed by atoms with Crippen molar-refractivity contribution in [3.63, 3.8) is 0 Å². The monoisotopic (exact) mass is 368 g/mol. The van der Waals surface area contributed by atoms with E-state index in [-0.39, 0.29) is 0 Å². The highest BCUT2D eigenvalue weighted by atomic mass is 32.2. The van der Waals surface area contributed by atoms with Crippen molar-refractivity contribution in [2.24, 2.45) is 0 Å². The molecule has 0 amide bonds. The molecule has 25 heavy (non-hydrogen) atoms. The van der Waals surface area contributed by atoms with Gasteiger partial charge in [-0.1, -0.05) is 91.0 Å². The fraction of sp³-hybridized carbons (Fsp3) is 0.143. The van der Waals surface area contributed by atoms with Crippen LogP contribution in [0.1, 0.15) is 12.5 Å². The van der Waals surface area contributed by atoms with E-state index in [0.717, 1.165) is 16.2 Å². The van der Waals surface area contributed by atoms with Gasteiger partial charge in [-0.2, -0.15) is 0 Å². The molecule has 0 aliphatic rings. The Hall–Kier alpha value is -1.96. The summed E-state index contributed by atoms with van der Waals surface area (Å²) in [5, 5.41) is 1.52. The molecule has 0 radical (unpaired) electrons. The minimum atomic E-state index is -3.01. The summed E-state index contributed by atoms with van der Waals surface area (Å²) in [7, 11) is -4.26. The minimum Gasteiger partial charge on any atom is -0.312 e. The topological polar surface area (TPSA) is 34.1 Å². The molecule has 0 spiro atoms. The maximum Gasteiger partial charge on any atom is 0.157 e. The predicted octanol–water partition coefficient (Wildman–Crippen LogP) is 4.30. The molecular formula is C21H21O2PS. The molecule has 0 aromatic heterocycles. The summed E-state index contributed by atoms with van der Waals surface area (Å²) in [4.78, 5) is -0.461. The molecule has 4 heteroatoms. The molecule has 2 unspecified atom stereocenters. The van der Waals surface area contributed by atoms with Crippen LogP contribution in [0.4, 0.5) is 0 Å². The van der Waals surface area contributed by atoms with E-state index in [1.54, 1.807) is 0 Å². The summed E-state index contributed by atoms with van der Waals surface area (Å²) in [6, 6.07) is 28.6. The van der Waals surface area contributed by atoms with Gasteiger partial charge in [0.1, 0.15) is 0 Å². The second-order valence-electron chi connectivity index (χ2n) is 5.94. The Morgan fingerprint density at radius 3 is 1.60 bits per heavy atom. The van der Waals surface area contributed by atoms with E-state index < -0.39 is 22.9 Å². The smallest absolute Gasteiger partial charge is 0.157 e. The van der Waals surface area contributed by atoms with Crippen molar-refractivity contribution < 1.29 is 8.77 Å². The average molecular weight is 368 g/mol. The van der Waals surface area contributed by atoms with Crippen molar-refractivity contribution >= 4 is 28.6 Å². The largest absolute Gasteiger partial charge is 0.312 e. The molecule has 0 heterocycles. The molecule has 2 nitrogen and oxygen atoms in total. The highest BCUT2D eigenvalue weighted by Crippen LogP contribution is 2.50. The van der Waals surface area contributed by atoms with Gasteiger partial charge in [-0.3, -0.25) is 4.21 Å². The standard InChI is InChI=1S/C21H21O2PS/c1-18(25(23)17-19-11-5-2-6-12-19)24(22,20-13-7-3-8-14-20)21-15-9-4-10-16-21/h2-16,18H,17H2,1H3. The predicted molar refractivity (Wildman–Crippen MR) is 108 cm³/mol. The van der Waals surface area contributed by atoms with Crippen LogP contribution in [0.2, 0.25) is 0 Å². The zero-order valence-electron chi connectivity index (χ0n) is 14.1. The quantitative estimate of drug-likeness (QED) is 0.608. The molecule has 0 N–H and O–H groups in total. The van der Waals surface area contributed by atoms with Gasteiger partial charge in [-0.05, 0) is 12.5 Å². The van der Waals surface area contributed by atoms with Crippen LogP contribution in [0.3, 0.4) is 0 Å². The Balaban J connectivity index is 2.00. The maximum atomic E-state index is 14.2. The summed E-state index contributed by atoms with van der Waals surface area (Å²) in [5.41, 5.74) is 1.00. The molecule has 3 rings (SSSR count). The Morgan fingerprint density at radius 1 is 0.760 bits per heavy atom. The van der Waals surface area contributed by atoms with Gasteiger partial charge in [0.15, 0.2) is 7.14 Å². The van der Waals surface area contributed by atoms with Crippen molar-refractivity contribution in [3.8, 4) is 0 Å². The van der Waals surface area contributed by atoms with Crippen LogP contribution in [0.5, 0.6) is 0 Å². The van der Waals surface area contributed by atoms with Gasteiger partial charge in [0.25, 0.3) is 0 Å². The van der Waals surface area contributed by atoms with Crippen molar-refractivity contribution in [1.82, 2.24) is 0 Å². The van der Waals surface area contributed by atoms with E-state index in [9.17, 15) is 8.77 Å². The van der Waals surface area contributed by atoms with Crippen LogP contribution in [-0.2, 0) is 21.1 Å². The molecule has 0 saturated carbocycles. The van der Waals surface area contributed by atoms with Gasteiger partial charge < -0.3 is 4.57 Å². The SMILES string of the molecule is CC(S(=O)Cc1ccccc1)P(=O)(c1ccccc1)c1ccccc1. The van der Waals surface area contributed by atoms with Gasteiger partial charge >= 0.3 is 0 Å². The van der Waals surface area contributed by atoms with Crippen LogP contribution in [0.15, 0.2) is 91.0 Å². The summed E-state index contributed by atoms with van der Waals surface area (Å²) >= 11 is 0. The lowest BCUT2D eigenvalue weighted by atomic mass is 10.2. The molecule has 3 aromatic rings. The zero-order valence-corrected chi connectivity index (χ0v) is 15.8. The van der Waals surface area contributed by atoms with Crippen molar-refractivity contribution in [2.45, 2.75) is 17.7 Å². The zero-order chi connectivity index (χ0) is 17.7. The van der Waals surface area contributed by atoms with Crippen molar-refractivity contribution in [2.75, 3.05) is 0 Å². The van der Waals surface area contributed by atoms with Crippen LogP contribution < -0.4 is 10.6 Å². The summed E-state index contributed by atoms with van der Waals surface area (Å²) < 4.78 is 27.2. The first kappa shape index (κ1) is 17.8. The minimum absolute atomic E-state index is 0.408. The van der Waals surface area contributed by atoms with Crippen LogP contribution in [-0.4, -0.2) is 9.20 Å². The second-order valence-corrected chi connectivity index (χ2v) is 11.2. The van der Waals surface area contributed by atoms with Gasteiger partial charge in [-0.15, -0.1) is 0 Å². The highest BCUT2D eigenvalue weighted by Gasteiger charge is 2.37. The first-order valence-electron chi connectivity index (χ1n) is 8.24. The van der Waals surface area contributed by atoms with E-state index in [0.29, 0.717) is 5.75 Å². The molecule has 0 bridgehead atoms. The van der Waals surface area contributed by atoms with E-state index in [1.807, 2.05) is 97.9 Å². The molecule has 0 aliphatic heterocycles. The van der Waals surface area contributed by atoms with E-state index in [4.69, 9.17) is 0 Å². The van der Waals surface area contributed by atoms with Crippen LogP contribution >= 0.6 is 7.14 Å². The molecule has 3 aromatic carbocycles.